The lowest BCUT2D eigenvalue weighted by Gasteiger charge is -2.22. The molecule has 4 nitrogen and oxygen atoms in total. The van der Waals surface area contributed by atoms with Gasteiger partial charge in [-0.2, -0.15) is 0 Å². The zero-order valence-electron chi connectivity index (χ0n) is 13.8. The van der Waals surface area contributed by atoms with Gasteiger partial charge in [-0.15, -0.1) is 0 Å². The molecule has 0 radical (unpaired) electrons. The first kappa shape index (κ1) is 17.7. The Hall–Kier alpha value is -1.69. The van der Waals surface area contributed by atoms with Gasteiger partial charge in [-0.25, -0.2) is 8.78 Å². The Labute approximate surface area is 136 Å². The first-order valence-corrected chi connectivity index (χ1v) is 8.03. The zero-order chi connectivity index (χ0) is 16.7. The van der Waals surface area contributed by atoms with Crippen molar-refractivity contribution in [1.82, 2.24) is 10.2 Å². The summed E-state index contributed by atoms with van der Waals surface area (Å²) in [6, 6.07) is 3.66. The normalized spacial score (nSPS) is 14.9. The van der Waals surface area contributed by atoms with Crippen molar-refractivity contribution in [1.29, 1.82) is 0 Å². The van der Waals surface area contributed by atoms with Gasteiger partial charge < -0.3 is 15.0 Å². The van der Waals surface area contributed by atoms with Gasteiger partial charge in [0.15, 0.2) is 5.96 Å². The smallest absolute Gasteiger partial charge is 0.193 e. The Morgan fingerprint density at radius 3 is 2.83 bits per heavy atom. The van der Waals surface area contributed by atoms with Crippen molar-refractivity contribution in [3.63, 3.8) is 0 Å². The molecule has 0 unspecified atom stereocenters. The average Bonchev–Trinajstić information content (AvgIpc) is 3.34. The van der Waals surface area contributed by atoms with Crippen LogP contribution in [0.2, 0.25) is 0 Å². The molecular formula is C17H25F2N3O. The minimum Gasteiger partial charge on any atom is -0.379 e. The van der Waals surface area contributed by atoms with Crippen LogP contribution in [-0.2, 0) is 11.2 Å². The molecule has 1 aliphatic carbocycles. The fourth-order valence-electron chi connectivity index (χ4n) is 2.26. The van der Waals surface area contributed by atoms with Crippen LogP contribution in [0.4, 0.5) is 8.78 Å². The molecule has 1 saturated carbocycles. The molecule has 1 aromatic carbocycles. The molecular weight excluding hydrogens is 300 g/mol. The number of rotatable bonds is 8. The Kier molecular flexibility index (Phi) is 6.77. The summed E-state index contributed by atoms with van der Waals surface area (Å²) in [4.78, 5) is 6.18. The Balaban J connectivity index is 1.68. The van der Waals surface area contributed by atoms with Crippen molar-refractivity contribution >= 4 is 5.96 Å². The van der Waals surface area contributed by atoms with E-state index in [4.69, 9.17) is 4.74 Å². The molecule has 1 N–H and O–H groups in total. The summed E-state index contributed by atoms with van der Waals surface area (Å²) in [5, 5.41) is 3.18. The first-order valence-electron chi connectivity index (χ1n) is 8.03. The largest absolute Gasteiger partial charge is 0.379 e. The molecule has 128 valence electrons. The molecule has 6 heteroatoms. The number of hydrogen-bond donors (Lipinski definition) is 1. The average molecular weight is 325 g/mol. The Morgan fingerprint density at radius 1 is 1.39 bits per heavy atom. The van der Waals surface area contributed by atoms with E-state index in [1.165, 1.54) is 25.0 Å². The van der Waals surface area contributed by atoms with Crippen molar-refractivity contribution in [2.75, 3.05) is 40.4 Å². The maximum Gasteiger partial charge on any atom is 0.193 e. The van der Waals surface area contributed by atoms with Gasteiger partial charge in [0.25, 0.3) is 0 Å². The molecule has 1 fully saturated rings. The van der Waals surface area contributed by atoms with Crippen molar-refractivity contribution in [3.05, 3.63) is 35.4 Å². The van der Waals surface area contributed by atoms with Gasteiger partial charge in [0.1, 0.15) is 11.6 Å². The standard InChI is InChI=1S/C17H25F2N3O/c1-20-17(22(2)9-10-23-12-13-3-4-13)21-8-7-14-5-6-15(18)11-16(14)19/h5-6,11,13H,3-4,7-10,12H2,1-2H3,(H,20,21). The molecule has 0 atom stereocenters. The van der Waals surface area contributed by atoms with Crippen molar-refractivity contribution in [2.24, 2.45) is 10.9 Å². The molecule has 1 aliphatic rings. The van der Waals surface area contributed by atoms with E-state index in [-0.39, 0.29) is 0 Å². The highest BCUT2D eigenvalue weighted by molar-refractivity contribution is 5.79. The molecule has 2 rings (SSSR count). The number of halogens is 2. The minimum atomic E-state index is -0.555. The van der Waals surface area contributed by atoms with Crippen molar-refractivity contribution in [2.45, 2.75) is 19.3 Å². The SMILES string of the molecule is CN=C(NCCc1ccc(F)cc1F)N(C)CCOCC1CC1. The van der Waals surface area contributed by atoms with Crippen LogP contribution >= 0.6 is 0 Å². The number of aliphatic imine (C=N–C) groups is 1. The van der Waals surface area contributed by atoms with Gasteiger partial charge in [-0.1, -0.05) is 6.07 Å². The van der Waals surface area contributed by atoms with Gasteiger partial charge in [0, 0.05) is 39.9 Å². The second kappa shape index (κ2) is 8.82. The maximum absolute atomic E-state index is 13.6. The van der Waals surface area contributed by atoms with Gasteiger partial charge in [-0.3, -0.25) is 4.99 Å². The summed E-state index contributed by atoms with van der Waals surface area (Å²) in [6.45, 7) is 2.80. The fourth-order valence-corrected chi connectivity index (χ4v) is 2.26. The molecule has 0 spiro atoms. The quantitative estimate of drug-likeness (QED) is 0.453. The molecule has 1 aromatic rings. The maximum atomic E-state index is 13.6. The highest BCUT2D eigenvalue weighted by Gasteiger charge is 2.21. The van der Waals surface area contributed by atoms with Gasteiger partial charge in [0.2, 0.25) is 0 Å². The number of hydrogen-bond acceptors (Lipinski definition) is 2. The predicted octanol–water partition coefficient (Wildman–Crippen LogP) is 2.44. The number of benzene rings is 1. The summed E-state index contributed by atoms with van der Waals surface area (Å²) in [5.74, 6) is 0.440. The first-order chi connectivity index (χ1) is 11.1. The van der Waals surface area contributed by atoms with Crippen LogP contribution in [0.15, 0.2) is 23.2 Å². The monoisotopic (exact) mass is 325 g/mol. The second-order valence-electron chi connectivity index (χ2n) is 5.90. The van der Waals surface area contributed by atoms with E-state index in [0.717, 1.165) is 31.1 Å². The summed E-state index contributed by atoms with van der Waals surface area (Å²) < 4.78 is 32.0. The lowest BCUT2D eigenvalue weighted by molar-refractivity contribution is 0.115. The lowest BCUT2D eigenvalue weighted by atomic mass is 10.1. The molecule has 23 heavy (non-hydrogen) atoms. The fraction of sp³-hybridized carbons (Fsp3) is 0.588. The van der Waals surface area contributed by atoms with Crippen LogP contribution < -0.4 is 5.32 Å². The Bertz CT molecular complexity index is 533. The van der Waals surface area contributed by atoms with Gasteiger partial charge in [-0.05, 0) is 36.8 Å². The van der Waals surface area contributed by atoms with Crippen LogP contribution in [0.5, 0.6) is 0 Å². The molecule has 0 amide bonds. The third kappa shape index (κ3) is 6.14. The molecule has 0 aliphatic heterocycles. The van der Waals surface area contributed by atoms with Gasteiger partial charge >= 0.3 is 0 Å². The lowest BCUT2D eigenvalue weighted by Crippen LogP contribution is -2.41. The van der Waals surface area contributed by atoms with E-state index < -0.39 is 11.6 Å². The van der Waals surface area contributed by atoms with E-state index in [2.05, 4.69) is 10.3 Å². The zero-order valence-corrected chi connectivity index (χ0v) is 13.8. The summed E-state index contributed by atoms with van der Waals surface area (Å²) >= 11 is 0. The predicted molar refractivity (Wildman–Crippen MR) is 87.6 cm³/mol. The van der Waals surface area contributed by atoms with Crippen molar-refractivity contribution in [3.8, 4) is 0 Å². The van der Waals surface area contributed by atoms with E-state index in [0.29, 0.717) is 25.1 Å². The molecule has 0 aromatic heterocycles. The van der Waals surface area contributed by atoms with Crippen LogP contribution in [0.25, 0.3) is 0 Å². The summed E-state index contributed by atoms with van der Waals surface area (Å²) in [5.41, 5.74) is 0.491. The van der Waals surface area contributed by atoms with Crippen LogP contribution in [-0.4, -0.2) is 51.3 Å². The van der Waals surface area contributed by atoms with Gasteiger partial charge in [0.05, 0.1) is 6.61 Å². The van der Waals surface area contributed by atoms with Crippen molar-refractivity contribution < 1.29 is 13.5 Å². The van der Waals surface area contributed by atoms with Crippen LogP contribution in [0, 0.1) is 17.6 Å². The number of guanidine groups is 1. The molecule has 0 heterocycles. The molecule has 0 saturated heterocycles. The minimum absolute atomic E-state index is 0.469. The van der Waals surface area contributed by atoms with E-state index >= 15 is 0 Å². The number of likely N-dealkylation sites (N-methyl/N-ethyl adjacent to an activating group) is 1. The van der Waals surface area contributed by atoms with Crippen LogP contribution in [0.3, 0.4) is 0 Å². The second-order valence-corrected chi connectivity index (χ2v) is 5.90. The van der Waals surface area contributed by atoms with E-state index in [9.17, 15) is 8.78 Å². The summed E-state index contributed by atoms with van der Waals surface area (Å²) in [7, 11) is 3.65. The summed E-state index contributed by atoms with van der Waals surface area (Å²) in [6.07, 6.45) is 3.05. The third-order valence-corrected chi connectivity index (χ3v) is 3.89. The highest BCUT2D eigenvalue weighted by Crippen LogP contribution is 2.28. The highest BCUT2D eigenvalue weighted by atomic mass is 19.1. The Morgan fingerprint density at radius 2 is 2.17 bits per heavy atom. The number of nitrogens with one attached hydrogen (secondary N) is 1. The topological polar surface area (TPSA) is 36.9 Å². The van der Waals surface area contributed by atoms with Crippen LogP contribution in [0.1, 0.15) is 18.4 Å². The molecule has 0 bridgehead atoms. The number of nitrogens with zero attached hydrogens (tertiary/aromatic N) is 2. The number of ether oxygens (including phenoxy) is 1. The van der Waals surface area contributed by atoms with E-state index in [1.54, 1.807) is 7.05 Å². The third-order valence-electron chi connectivity index (χ3n) is 3.89. The van der Waals surface area contributed by atoms with E-state index in [1.807, 2.05) is 11.9 Å².